The van der Waals surface area contributed by atoms with Gasteiger partial charge in [-0.3, -0.25) is 0 Å². The average Bonchev–Trinajstić information content (AvgIpc) is 3.49. The van der Waals surface area contributed by atoms with Gasteiger partial charge in [-0.2, -0.15) is 4.98 Å². The Morgan fingerprint density at radius 3 is 2.41 bits per heavy atom. The lowest BCUT2D eigenvalue weighted by molar-refractivity contribution is -0.0742. The monoisotopic (exact) mass is 524 g/mol. The molecule has 2 aromatic heterocycles. The molecular formula is C27H29FN4O4S. The third-order valence-corrected chi connectivity index (χ3v) is 6.60. The molecule has 1 saturated heterocycles. The van der Waals surface area contributed by atoms with Gasteiger partial charge in [-0.05, 0) is 24.3 Å². The Hall–Kier alpha value is -3.05. The number of nitrogens with zero attached hydrogens (tertiary/aromatic N) is 4. The molecule has 194 valence electrons. The Balaban J connectivity index is 1.39. The number of benzene rings is 2. The minimum absolute atomic E-state index is 0.178. The summed E-state index contributed by atoms with van der Waals surface area (Å²) in [6, 6.07) is 19.5. The number of imidazole rings is 1. The summed E-state index contributed by atoms with van der Waals surface area (Å²) in [4.78, 5) is 8.82. The highest BCUT2D eigenvalue weighted by molar-refractivity contribution is 7.98. The van der Waals surface area contributed by atoms with E-state index in [0.717, 1.165) is 11.1 Å². The summed E-state index contributed by atoms with van der Waals surface area (Å²) in [6.07, 6.45) is -0.427. The van der Waals surface area contributed by atoms with E-state index in [0.29, 0.717) is 35.6 Å². The molecule has 37 heavy (non-hydrogen) atoms. The zero-order valence-electron chi connectivity index (χ0n) is 20.7. The Morgan fingerprint density at radius 1 is 1.03 bits per heavy atom. The number of fused-ring (bicyclic) bond motifs is 1. The van der Waals surface area contributed by atoms with Gasteiger partial charge >= 0.3 is 0 Å². The first-order valence-corrected chi connectivity index (χ1v) is 13.4. The van der Waals surface area contributed by atoms with E-state index >= 15 is 4.39 Å². The van der Waals surface area contributed by atoms with Crippen LogP contribution in [0.15, 0.2) is 72.0 Å². The molecule has 4 unspecified atom stereocenters. The molecule has 2 aromatic carbocycles. The normalized spacial score (nSPS) is 21.5. The third-order valence-electron chi connectivity index (χ3n) is 6.06. The van der Waals surface area contributed by atoms with Crippen LogP contribution < -0.4 is 4.74 Å². The minimum atomic E-state index is -1.46. The second-order valence-electron chi connectivity index (χ2n) is 8.56. The first-order chi connectivity index (χ1) is 18.2. The van der Waals surface area contributed by atoms with Gasteiger partial charge in [0.05, 0.1) is 38.3 Å². The Bertz CT molecular complexity index is 1290. The van der Waals surface area contributed by atoms with Gasteiger partial charge in [-0.15, -0.1) is 5.10 Å². The summed E-state index contributed by atoms with van der Waals surface area (Å²) in [6.45, 7) is 3.12. The van der Waals surface area contributed by atoms with Crippen molar-refractivity contribution in [3.8, 4) is 5.88 Å². The fourth-order valence-electron chi connectivity index (χ4n) is 4.29. The van der Waals surface area contributed by atoms with Crippen molar-refractivity contribution in [3.05, 3.63) is 83.7 Å². The number of hydrogen-bond donors (Lipinski definition) is 0. The molecule has 3 heterocycles. The van der Waals surface area contributed by atoms with E-state index in [1.165, 1.54) is 11.8 Å². The SMILES string of the molecule is CCOc1nc(SC)nn2c(C3OC(COCc4ccccc4)C(OCc4ccccc4)C3F)cnc12. The second kappa shape index (κ2) is 12.0. The van der Waals surface area contributed by atoms with Crippen LogP contribution in [0, 0.1) is 0 Å². The lowest BCUT2D eigenvalue weighted by Gasteiger charge is -2.20. The summed E-state index contributed by atoms with van der Waals surface area (Å²) in [7, 11) is 0. The number of hydrogen-bond acceptors (Lipinski definition) is 8. The van der Waals surface area contributed by atoms with E-state index in [9.17, 15) is 0 Å². The van der Waals surface area contributed by atoms with Gasteiger partial charge in [0, 0.05) is 0 Å². The zero-order chi connectivity index (χ0) is 25.6. The third kappa shape index (κ3) is 5.77. The van der Waals surface area contributed by atoms with E-state index in [1.807, 2.05) is 73.8 Å². The Kier molecular flexibility index (Phi) is 8.30. The van der Waals surface area contributed by atoms with Crippen molar-refractivity contribution in [1.82, 2.24) is 19.6 Å². The summed E-state index contributed by atoms with van der Waals surface area (Å²) < 4.78 is 41.5. The lowest BCUT2D eigenvalue weighted by Crippen LogP contribution is -2.34. The molecule has 0 bridgehead atoms. The zero-order valence-corrected chi connectivity index (χ0v) is 21.5. The second-order valence-corrected chi connectivity index (χ2v) is 9.33. The number of halogens is 1. The molecule has 8 nitrogen and oxygen atoms in total. The van der Waals surface area contributed by atoms with E-state index in [1.54, 1.807) is 10.7 Å². The molecule has 10 heteroatoms. The van der Waals surface area contributed by atoms with E-state index in [4.69, 9.17) is 18.9 Å². The molecule has 0 aliphatic carbocycles. The van der Waals surface area contributed by atoms with Crippen LogP contribution in [0.4, 0.5) is 4.39 Å². The van der Waals surface area contributed by atoms with Crippen LogP contribution in [0.3, 0.4) is 0 Å². The Labute approximate surface area is 219 Å². The fourth-order valence-corrected chi connectivity index (χ4v) is 4.62. The molecule has 0 amide bonds. The topological polar surface area (TPSA) is 80.0 Å². The molecule has 5 rings (SSSR count). The molecule has 4 atom stereocenters. The molecular weight excluding hydrogens is 495 g/mol. The highest BCUT2D eigenvalue weighted by atomic mass is 32.2. The maximum absolute atomic E-state index is 16.1. The predicted octanol–water partition coefficient (Wildman–Crippen LogP) is 4.83. The van der Waals surface area contributed by atoms with Crippen LogP contribution in [-0.2, 0) is 27.4 Å². The highest BCUT2D eigenvalue weighted by Crippen LogP contribution is 2.38. The van der Waals surface area contributed by atoms with Crippen LogP contribution >= 0.6 is 11.8 Å². The first-order valence-electron chi connectivity index (χ1n) is 12.2. The van der Waals surface area contributed by atoms with E-state index in [-0.39, 0.29) is 13.2 Å². The summed E-state index contributed by atoms with van der Waals surface area (Å²) >= 11 is 1.36. The molecule has 1 aliphatic heterocycles. The predicted molar refractivity (Wildman–Crippen MR) is 137 cm³/mol. The van der Waals surface area contributed by atoms with Crippen molar-refractivity contribution in [2.75, 3.05) is 19.5 Å². The Morgan fingerprint density at radius 2 is 1.73 bits per heavy atom. The summed E-state index contributed by atoms with van der Waals surface area (Å²) in [5.74, 6) is 0.348. The number of ether oxygens (including phenoxy) is 4. The lowest BCUT2D eigenvalue weighted by atomic mass is 10.1. The largest absolute Gasteiger partial charge is 0.475 e. The molecule has 4 aromatic rings. The van der Waals surface area contributed by atoms with Crippen molar-refractivity contribution < 1.29 is 23.3 Å². The van der Waals surface area contributed by atoms with Crippen LogP contribution in [0.5, 0.6) is 5.88 Å². The van der Waals surface area contributed by atoms with Crippen molar-refractivity contribution in [2.24, 2.45) is 0 Å². The number of rotatable bonds is 11. The van der Waals surface area contributed by atoms with E-state index < -0.39 is 24.5 Å². The smallest absolute Gasteiger partial charge is 0.262 e. The highest BCUT2D eigenvalue weighted by Gasteiger charge is 2.48. The maximum atomic E-state index is 16.1. The van der Waals surface area contributed by atoms with E-state index in [2.05, 4.69) is 15.1 Å². The molecule has 0 saturated carbocycles. The minimum Gasteiger partial charge on any atom is -0.475 e. The first kappa shape index (κ1) is 25.6. The quantitative estimate of drug-likeness (QED) is 0.258. The fraction of sp³-hybridized carbons (Fsp3) is 0.370. The molecule has 1 fully saturated rings. The van der Waals surface area contributed by atoms with Gasteiger partial charge in [0.25, 0.3) is 5.88 Å². The number of thioether (sulfide) groups is 1. The average molecular weight is 525 g/mol. The molecule has 1 aliphatic rings. The standard InChI is InChI=1S/C27H29FN4O4S/c1-3-34-26-25-29-14-20(32(25)31-27(30-26)37-2)23-22(28)24(35-16-19-12-8-5-9-13-19)21(36-23)17-33-15-18-10-6-4-7-11-18/h4-14,21-24H,3,15-17H2,1-2H3. The molecule has 0 radical (unpaired) electrons. The van der Waals surface area contributed by atoms with Crippen molar-refractivity contribution >= 4 is 17.4 Å². The van der Waals surface area contributed by atoms with Crippen LogP contribution in [0.1, 0.15) is 29.8 Å². The van der Waals surface area contributed by atoms with Gasteiger partial charge in [0.2, 0.25) is 10.8 Å². The van der Waals surface area contributed by atoms with Gasteiger partial charge in [0.1, 0.15) is 18.3 Å². The van der Waals surface area contributed by atoms with Gasteiger partial charge in [-0.1, -0.05) is 72.4 Å². The van der Waals surface area contributed by atoms with Crippen LogP contribution in [0.25, 0.3) is 5.65 Å². The maximum Gasteiger partial charge on any atom is 0.262 e. The van der Waals surface area contributed by atoms with Crippen LogP contribution in [0.2, 0.25) is 0 Å². The van der Waals surface area contributed by atoms with Gasteiger partial charge < -0.3 is 18.9 Å². The van der Waals surface area contributed by atoms with Crippen molar-refractivity contribution in [2.45, 2.75) is 49.8 Å². The van der Waals surface area contributed by atoms with Crippen molar-refractivity contribution in [3.63, 3.8) is 0 Å². The number of aromatic nitrogens is 4. The van der Waals surface area contributed by atoms with Crippen LogP contribution in [-0.4, -0.2) is 57.4 Å². The molecule has 0 N–H and O–H groups in total. The van der Waals surface area contributed by atoms with Gasteiger partial charge in [-0.25, -0.2) is 13.9 Å². The number of alkyl halides is 1. The summed E-state index contributed by atoms with van der Waals surface area (Å²) in [5.41, 5.74) is 2.87. The van der Waals surface area contributed by atoms with Gasteiger partial charge in [0.15, 0.2) is 6.17 Å². The van der Waals surface area contributed by atoms with Crippen molar-refractivity contribution in [1.29, 1.82) is 0 Å². The molecule has 0 spiro atoms. The summed E-state index contributed by atoms with van der Waals surface area (Å²) in [5, 5.41) is 5.02.